The van der Waals surface area contributed by atoms with Gasteiger partial charge in [0.2, 0.25) is 5.95 Å². The second-order valence-corrected chi connectivity index (χ2v) is 5.58. The van der Waals surface area contributed by atoms with Crippen LogP contribution in [0.4, 0.5) is 11.8 Å². The maximum absolute atomic E-state index is 5.80. The molecule has 3 N–H and O–H groups in total. The molecule has 3 rings (SSSR count). The molecule has 20 heavy (non-hydrogen) atoms. The molecule has 3 heterocycles. The quantitative estimate of drug-likeness (QED) is 0.897. The molecule has 108 valence electrons. The van der Waals surface area contributed by atoms with Crippen molar-refractivity contribution >= 4 is 22.9 Å². The van der Waals surface area contributed by atoms with Crippen LogP contribution in [0.5, 0.6) is 0 Å². The average Bonchev–Trinajstić information content (AvgIpc) is 2.77. The lowest BCUT2D eigenvalue weighted by molar-refractivity contribution is 0.435. The number of aromatic nitrogens is 4. The highest BCUT2D eigenvalue weighted by Crippen LogP contribution is 2.27. The van der Waals surface area contributed by atoms with E-state index in [1.54, 1.807) is 6.33 Å². The van der Waals surface area contributed by atoms with Crippen LogP contribution in [0.25, 0.3) is 11.2 Å². The number of nitrogens with zero attached hydrogens (tertiary/aromatic N) is 4. The summed E-state index contributed by atoms with van der Waals surface area (Å²) in [5.41, 5.74) is 7.35. The van der Waals surface area contributed by atoms with Gasteiger partial charge in [-0.3, -0.25) is 0 Å². The van der Waals surface area contributed by atoms with E-state index in [2.05, 4.69) is 31.8 Å². The van der Waals surface area contributed by atoms with Gasteiger partial charge >= 0.3 is 0 Å². The molecule has 0 radical (unpaired) electrons. The topological polar surface area (TPSA) is 83.7 Å². The normalized spacial score (nSPS) is 20.2. The van der Waals surface area contributed by atoms with E-state index in [-0.39, 0.29) is 0 Å². The van der Waals surface area contributed by atoms with Crippen LogP contribution in [-0.4, -0.2) is 33.0 Å². The van der Waals surface area contributed by atoms with E-state index in [9.17, 15) is 0 Å². The highest BCUT2D eigenvalue weighted by Gasteiger charge is 2.20. The number of imidazole rings is 1. The molecule has 0 amide bonds. The van der Waals surface area contributed by atoms with E-state index < -0.39 is 0 Å². The number of aromatic amines is 1. The van der Waals surface area contributed by atoms with Crippen LogP contribution in [0.1, 0.15) is 39.0 Å². The Hall–Kier alpha value is -1.85. The Kier molecular flexibility index (Phi) is 3.71. The second-order valence-electron chi connectivity index (χ2n) is 5.58. The minimum absolute atomic E-state index is 0.300. The van der Waals surface area contributed by atoms with Crippen LogP contribution in [0.3, 0.4) is 0 Å². The van der Waals surface area contributed by atoms with Gasteiger partial charge in [-0.15, -0.1) is 0 Å². The van der Waals surface area contributed by atoms with Gasteiger partial charge in [0.25, 0.3) is 0 Å². The van der Waals surface area contributed by atoms with Gasteiger partial charge in [-0.25, -0.2) is 4.98 Å². The summed E-state index contributed by atoms with van der Waals surface area (Å²) in [7, 11) is 0. The first kappa shape index (κ1) is 13.1. The maximum atomic E-state index is 5.80. The number of rotatable bonds is 3. The molecule has 0 aliphatic carbocycles. The molecule has 1 aliphatic heterocycles. The molecular formula is C14H22N6. The molecule has 2 aromatic rings. The predicted molar refractivity (Wildman–Crippen MR) is 80.6 cm³/mol. The molecule has 6 nitrogen and oxygen atoms in total. The van der Waals surface area contributed by atoms with Crippen LogP contribution in [0.2, 0.25) is 0 Å². The summed E-state index contributed by atoms with van der Waals surface area (Å²) >= 11 is 0. The number of anilines is 2. The van der Waals surface area contributed by atoms with Crippen molar-refractivity contribution in [1.29, 1.82) is 0 Å². The van der Waals surface area contributed by atoms with Gasteiger partial charge in [0, 0.05) is 13.1 Å². The van der Waals surface area contributed by atoms with Crippen molar-refractivity contribution < 1.29 is 0 Å². The van der Waals surface area contributed by atoms with E-state index in [1.807, 2.05) is 0 Å². The van der Waals surface area contributed by atoms with Crippen LogP contribution in [0, 0.1) is 5.92 Å². The Bertz CT molecular complexity index is 578. The van der Waals surface area contributed by atoms with Crippen LogP contribution in [0.15, 0.2) is 6.33 Å². The summed E-state index contributed by atoms with van der Waals surface area (Å²) in [6.07, 6.45) is 8.02. The van der Waals surface area contributed by atoms with Gasteiger partial charge in [0.05, 0.1) is 6.33 Å². The number of hydrogen-bond donors (Lipinski definition) is 2. The largest absolute Gasteiger partial charge is 0.368 e. The van der Waals surface area contributed by atoms with Crippen molar-refractivity contribution in [2.75, 3.05) is 23.7 Å². The van der Waals surface area contributed by atoms with Crippen LogP contribution < -0.4 is 10.6 Å². The van der Waals surface area contributed by atoms with E-state index in [0.717, 1.165) is 30.3 Å². The smallest absolute Gasteiger partial charge is 0.224 e. The Balaban J connectivity index is 1.85. The van der Waals surface area contributed by atoms with Gasteiger partial charge in [-0.1, -0.05) is 19.8 Å². The van der Waals surface area contributed by atoms with Gasteiger partial charge < -0.3 is 15.6 Å². The molecule has 1 aliphatic rings. The summed E-state index contributed by atoms with van der Waals surface area (Å²) in [6, 6.07) is 0. The molecule has 0 bridgehead atoms. The maximum Gasteiger partial charge on any atom is 0.224 e. The number of nitrogen functional groups attached to an aromatic ring is 1. The zero-order chi connectivity index (χ0) is 13.9. The zero-order valence-corrected chi connectivity index (χ0v) is 12.0. The fraction of sp³-hybridized carbons (Fsp3) is 0.643. The fourth-order valence-electron chi connectivity index (χ4n) is 3.14. The summed E-state index contributed by atoms with van der Waals surface area (Å²) < 4.78 is 0. The molecule has 1 fully saturated rings. The average molecular weight is 274 g/mol. The summed E-state index contributed by atoms with van der Waals surface area (Å²) in [6.45, 7) is 4.34. The van der Waals surface area contributed by atoms with Crippen LogP contribution >= 0.6 is 0 Å². The number of nitrogens with two attached hydrogens (primary N) is 1. The molecule has 1 unspecified atom stereocenters. The third kappa shape index (κ3) is 2.55. The van der Waals surface area contributed by atoms with Gasteiger partial charge in [0.1, 0.15) is 5.52 Å². The highest BCUT2D eigenvalue weighted by molar-refractivity contribution is 5.84. The number of fused-ring (bicyclic) bond motifs is 1. The van der Waals surface area contributed by atoms with Gasteiger partial charge in [-0.05, 0) is 25.2 Å². The van der Waals surface area contributed by atoms with Crippen molar-refractivity contribution in [1.82, 2.24) is 19.9 Å². The minimum Gasteiger partial charge on any atom is -0.368 e. The highest BCUT2D eigenvalue weighted by atomic mass is 15.2. The van der Waals surface area contributed by atoms with Crippen molar-refractivity contribution in [3.05, 3.63) is 6.33 Å². The molecule has 0 aromatic carbocycles. The molecule has 6 heteroatoms. The number of H-pyrrole nitrogens is 1. The SMILES string of the molecule is CCCC1CCCN(c2nc(N)nc3nc[nH]c23)CC1. The molecule has 1 atom stereocenters. The van der Waals surface area contributed by atoms with E-state index in [4.69, 9.17) is 5.73 Å². The number of nitrogens with one attached hydrogen (secondary N) is 1. The third-order valence-electron chi connectivity index (χ3n) is 4.13. The van der Waals surface area contributed by atoms with Gasteiger partial charge in [-0.2, -0.15) is 9.97 Å². The lowest BCUT2D eigenvalue weighted by Gasteiger charge is -2.22. The Morgan fingerprint density at radius 3 is 3.10 bits per heavy atom. The van der Waals surface area contributed by atoms with Crippen molar-refractivity contribution in [2.24, 2.45) is 5.92 Å². The molecule has 2 aromatic heterocycles. The van der Waals surface area contributed by atoms with Crippen molar-refractivity contribution in [3.63, 3.8) is 0 Å². The molecular weight excluding hydrogens is 252 g/mol. The lowest BCUT2D eigenvalue weighted by Crippen LogP contribution is -2.26. The second kappa shape index (κ2) is 5.64. The van der Waals surface area contributed by atoms with Crippen molar-refractivity contribution in [3.8, 4) is 0 Å². The monoisotopic (exact) mass is 274 g/mol. The summed E-state index contributed by atoms with van der Waals surface area (Å²) in [4.78, 5) is 18.2. The first-order valence-corrected chi connectivity index (χ1v) is 7.49. The lowest BCUT2D eigenvalue weighted by atomic mass is 9.96. The molecule has 1 saturated heterocycles. The standard InChI is InChI=1S/C14H22N6/c1-2-4-10-5-3-7-20(8-6-10)13-11-12(17-9-16-11)18-14(15)19-13/h9-10H,2-8H2,1H3,(H3,15,16,17,18,19). The minimum atomic E-state index is 0.300. The van der Waals surface area contributed by atoms with Crippen molar-refractivity contribution in [2.45, 2.75) is 39.0 Å². The predicted octanol–water partition coefficient (Wildman–Crippen LogP) is 2.34. The summed E-state index contributed by atoms with van der Waals surface area (Å²) in [5.74, 6) is 2.05. The Morgan fingerprint density at radius 2 is 2.25 bits per heavy atom. The third-order valence-corrected chi connectivity index (χ3v) is 4.13. The van der Waals surface area contributed by atoms with E-state index >= 15 is 0 Å². The fourth-order valence-corrected chi connectivity index (χ4v) is 3.14. The zero-order valence-electron chi connectivity index (χ0n) is 12.0. The number of hydrogen-bond acceptors (Lipinski definition) is 5. The summed E-state index contributed by atoms with van der Waals surface area (Å²) in [5, 5.41) is 0. The van der Waals surface area contributed by atoms with E-state index in [0.29, 0.717) is 11.6 Å². The first-order valence-electron chi connectivity index (χ1n) is 7.49. The molecule has 0 saturated carbocycles. The first-order chi connectivity index (χ1) is 9.78. The van der Waals surface area contributed by atoms with E-state index in [1.165, 1.54) is 32.1 Å². The van der Waals surface area contributed by atoms with Gasteiger partial charge in [0.15, 0.2) is 11.5 Å². The van der Waals surface area contributed by atoms with Crippen LogP contribution in [-0.2, 0) is 0 Å². The Morgan fingerprint density at radius 1 is 1.35 bits per heavy atom. The Labute approximate surface area is 118 Å². The molecule has 0 spiro atoms.